The molecule has 0 saturated heterocycles. The predicted octanol–water partition coefficient (Wildman–Crippen LogP) is 5.41. The van der Waals surface area contributed by atoms with Crippen molar-refractivity contribution >= 4 is 23.5 Å². The highest BCUT2D eigenvalue weighted by Crippen LogP contribution is 2.34. The van der Waals surface area contributed by atoms with Gasteiger partial charge in [0.25, 0.3) is 5.91 Å². The summed E-state index contributed by atoms with van der Waals surface area (Å²) in [5.41, 5.74) is 2.30. The lowest BCUT2D eigenvalue weighted by Crippen LogP contribution is -2.53. The lowest BCUT2D eigenvalue weighted by molar-refractivity contribution is -0.161. The molecule has 33 heavy (non-hydrogen) atoms. The van der Waals surface area contributed by atoms with E-state index in [1.54, 1.807) is 13.2 Å². The number of benzene rings is 2. The number of nitrogens with zero attached hydrogens (tertiary/aromatic N) is 2. The number of halogens is 3. The van der Waals surface area contributed by atoms with E-state index in [4.69, 9.17) is 4.74 Å². The monoisotopic (exact) mass is 477 g/mol. The van der Waals surface area contributed by atoms with E-state index in [0.29, 0.717) is 16.3 Å². The number of thioether (sulfide) groups is 1. The van der Waals surface area contributed by atoms with Crippen molar-refractivity contribution in [1.29, 1.82) is 0 Å². The van der Waals surface area contributed by atoms with Crippen molar-refractivity contribution in [1.82, 2.24) is 10.3 Å². The lowest BCUT2D eigenvalue weighted by Gasteiger charge is -2.33. The molecule has 1 atom stereocenters. The van der Waals surface area contributed by atoms with Gasteiger partial charge in [-0.05, 0) is 30.5 Å². The molecular formula is C24H26F3N3O2S. The second-order valence-electron chi connectivity index (χ2n) is 8.16. The number of hydrazone groups is 1. The van der Waals surface area contributed by atoms with Gasteiger partial charge in [0, 0.05) is 16.4 Å². The molecule has 1 aliphatic heterocycles. The Morgan fingerprint density at radius 2 is 1.82 bits per heavy atom. The zero-order chi connectivity index (χ0) is 23.4. The third-order valence-electron chi connectivity index (χ3n) is 5.73. The molecule has 1 amide bonds. The van der Waals surface area contributed by atoms with Crippen LogP contribution < -0.4 is 10.1 Å². The number of amidine groups is 1. The molecule has 9 heteroatoms. The summed E-state index contributed by atoms with van der Waals surface area (Å²) in [4.78, 5) is 12.8. The molecule has 2 aromatic carbocycles. The molecular weight excluding hydrogens is 451 g/mol. The standard InChI is InChI=1S/C24H26F3N3O2S/c1-32-20-13-6-5-12-19(20)16-8-7-9-17(14-16)21-28-22(33-18-10-3-2-4-11-18)23(31)30(29-21)15-24(25,26)27/h5-9,12-14,18,22H,2-4,10-11,15H2,1H3,(H,28,29). The second kappa shape index (κ2) is 10.1. The number of ether oxygens (including phenoxy) is 1. The van der Waals surface area contributed by atoms with Gasteiger partial charge >= 0.3 is 6.18 Å². The molecule has 1 N–H and O–H groups in total. The first-order chi connectivity index (χ1) is 15.8. The number of nitrogens with one attached hydrogen (secondary N) is 1. The lowest BCUT2D eigenvalue weighted by atomic mass is 10.0. The maximum absolute atomic E-state index is 13.2. The van der Waals surface area contributed by atoms with E-state index in [2.05, 4.69) is 10.4 Å². The van der Waals surface area contributed by atoms with E-state index in [0.717, 1.165) is 43.2 Å². The van der Waals surface area contributed by atoms with Crippen LogP contribution in [0.25, 0.3) is 11.1 Å². The van der Waals surface area contributed by atoms with Gasteiger partial charge in [-0.3, -0.25) is 4.79 Å². The Bertz CT molecular complexity index is 1020. The molecule has 1 heterocycles. The minimum Gasteiger partial charge on any atom is -0.496 e. The van der Waals surface area contributed by atoms with Crippen molar-refractivity contribution in [3.8, 4) is 16.9 Å². The first kappa shape index (κ1) is 23.5. The minimum absolute atomic E-state index is 0.243. The Balaban J connectivity index is 1.65. The number of carbonyl (C=O) groups excluding carboxylic acids is 1. The summed E-state index contributed by atoms with van der Waals surface area (Å²) in [6.07, 6.45) is 0.697. The average Bonchev–Trinajstić information content (AvgIpc) is 2.81. The van der Waals surface area contributed by atoms with Crippen molar-refractivity contribution in [2.45, 2.75) is 48.9 Å². The summed E-state index contributed by atoms with van der Waals surface area (Å²) >= 11 is 1.41. The molecule has 0 aromatic heterocycles. The highest BCUT2D eigenvalue weighted by molar-refractivity contribution is 8.01. The van der Waals surface area contributed by atoms with Crippen LogP contribution in [0.2, 0.25) is 0 Å². The fourth-order valence-electron chi connectivity index (χ4n) is 4.15. The summed E-state index contributed by atoms with van der Waals surface area (Å²) in [5, 5.41) is 7.17. The zero-order valence-electron chi connectivity index (χ0n) is 18.3. The number of hydrogen-bond donors (Lipinski definition) is 1. The van der Waals surface area contributed by atoms with E-state index in [1.807, 2.05) is 42.5 Å². The highest BCUT2D eigenvalue weighted by Gasteiger charge is 2.40. The Hall–Kier alpha value is -2.68. The molecule has 1 aliphatic carbocycles. The van der Waals surface area contributed by atoms with Crippen molar-refractivity contribution in [2.24, 2.45) is 5.10 Å². The molecule has 0 bridgehead atoms. The molecule has 0 radical (unpaired) electrons. The van der Waals surface area contributed by atoms with Crippen LogP contribution in [0.4, 0.5) is 13.2 Å². The predicted molar refractivity (Wildman–Crippen MR) is 124 cm³/mol. The smallest absolute Gasteiger partial charge is 0.408 e. The Kier molecular flexibility index (Phi) is 7.17. The fourth-order valence-corrected chi connectivity index (χ4v) is 5.56. The van der Waals surface area contributed by atoms with Gasteiger partial charge in [0.2, 0.25) is 0 Å². The van der Waals surface area contributed by atoms with Gasteiger partial charge in [0.15, 0.2) is 11.2 Å². The van der Waals surface area contributed by atoms with E-state index >= 15 is 0 Å². The molecule has 4 rings (SSSR count). The Morgan fingerprint density at radius 3 is 2.55 bits per heavy atom. The van der Waals surface area contributed by atoms with Gasteiger partial charge in [-0.25, -0.2) is 5.01 Å². The van der Waals surface area contributed by atoms with E-state index in [-0.39, 0.29) is 11.1 Å². The molecule has 2 aromatic rings. The van der Waals surface area contributed by atoms with Crippen LogP contribution in [0.1, 0.15) is 37.7 Å². The normalized spacial score (nSPS) is 19.8. The third-order valence-corrected chi connectivity index (χ3v) is 7.18. The molecule has 176 valence electrons. The number of rotatable bonds is 6. The summed E-state index contributed by atoms with van der Waals surface area (Å²) in [7, 11) is 1.59. The van der Waals surface area contributed by atoms with Gasteiger partial charge < -0.3 is 10.1 Å². The third kappa shape index (κ3) is 5.82. The number of alkyl halides is 3. The van der Waals surface area contributed by atoms with Crippen LogP contribution in [0, 0.1) is 0 Å². The Morgan fingerprint density at radius 1 is 1.09 bits per heavy atom. The molecule has 0 spiro atoms. The first-order valence-electron chi connectivity index (χ1n) is 11.0. The average molecular weight is 478 g/mol. The number of carbonyl (C=O) groups is 1. The largest absolute Gasteiger partial charge is 0.496 e. The maximum Gasteiger partial charge on any atom is 0.408 e. The van der Waals surface area contributed by atoms with Crippen LogP contribution in [0.5, 0.6) is 5.75 Å². The highest BCUT2D eigenvalue weighted by atomic mass is 32.2. The Labute approximate surface area is 195 Å². The van der Waals surface area contributed by atoms with Crippen LogP contribution in [-0.4, -0.2) is 47.2 Å². The number of hydrogen-bond acceptors (Lipinski definition) is 5. The van der Waals surface area contributed by atoms with Gasteiger partial charge in [-0.15, -0.1) is 11.8 Å². The summed E-state index contributed by atoms with van der Waals surface area (Å²) in [6.45, 7) is -1.41. The van der Waals surface area contributed by atoms with E-state index in [1.165, 1.54) is 11.8 Å². The van der Waals surface area contributed by atoms with Gasteiger partial charge in [-0.2, -0.15) is 18.3 Å². The molecule has 2 aliphatic rings. The first-order valence-corrected chi connectivity index (χ1v) is 11.9. The van der Waals surface area contributed by atoms with Gasteiger partial charge in [0.1, 0.15) is 12.3 Å². The van der Waals surface area contributed by atoms with Crippen LogP contribution in [0.15, 0.2) is 53.6 Å². The summed E-state index contributed by atoms with van der Waals surface area (Å²) in [5.74, 6) is 0.282. The van der Waals surface area contributed by atoms with E-state index < -0.39 is 24.0 Å². The number of amides is 1. The number of para-hydroxylation sites is 1. The van der Waals surface area contributed by atoms with Crippen LogP contribution in [-0.2, 0) is 4.79 Å². The van der Waals surface area contributed by atoms with Gasteiger partial charge in [-0.1, -0.05) is 55.7 Å². The summed E-state index contributed by atoms with van der Waals surface area (Å²) < 4.78 is 45.0. The SMILES string of the molecule is COc1ccccc1-c1cccc(C2=NN(CC(F)(F)F)C(=O)C(SC3CCCCC3)N2)c1. The van der Waals surface area contributed by atoms with Crippen molar-refractivity contribution in [3.63, 3.8) is 0 Å². The van der Waals surface area contributed by atoms with E-state index in [9.17, 15) is 18.0 Å². The molecule has 1 fully saturated rings. The molecule has 1 saturated carbocycles. The second-order valence-corrected chi connectivity index (χ2v) is 9.57. The minimum atomic E-state index is -4.54. The quantitative estimate of drug-likeness (QED) is 0.605. The van der Waals surface area contributed by atoms with Crippen molar-refractivity contribution in [3.05, 3.63) is 54.1 Å². The maximum atomic E-state index is 13.2. The van der Waals surface area contributed by atoms with Crippen LogP contribution >= 0.6 is 11.8 Å². The number of methoxy groups -OCH3 is 1. The molecule has 1 unspecified atom stereocenters. The van der Waals surface area contributed by atoms with Crippen LogP contribution in [0.3, 0.4) is 0 Å². The van der Waals surface area contributed by atoms with Gasteiger partial charge in [0.05, 0.1) is 7.11 Å². The fraction of sp³-hybridized carbons (Fsp3) is 0.417. The summed E-state index contributed by atoms with van der Waals surface area (Å²) in [6, 6.07) is 14.8. The van der Waals surface area contributed by atoms with Crippen molar-refractivity contribution < 1.29 is 22.7 Å². The zero-order valence-corrected chi connectivity index (χ0v) is 19.1. The van der Waals surface area contributed by atoms with Crippen molar-refractivity contribution in [2.75, 3.05) is 13.7 Å². The topological polar surface area (TPSA) is 53.9 Å². The molecule has 5 nitrogen and oxygen atoms in total.